The number of carbonyl (C=O) groups excluding carboxylic acids is 1. The summed E-state index contributed by atoms with van der Waals surface area (Å²) in [6.07, 6.45) is -0.146. The number of aliphatic hydroxyl groups is 1. The second kappa shape index (κ2) is 8.34. The average molecular weight is 348 g/mol. The van der Waals surface area contributed by atoms with Crippen LogP contribution >= 0.6 is 0 Å². The van der Waals surface area contributed by atoms with Crippen LogP contribution in [0.2, 0.25) is 0 Å². The molecule has 1 aromatic carbocycles. The van der Waals surface area contributed by atoms with Crippen molar-refractivity contribution in [2.75, 3.05) is 13.7 Å². The number of benzene rings is 1. The van der Waals surface area contributed by atoms with E-state index < -0.39 is 29.7 Å². The maximum atomic E-state index is 12.0. The Morgan fingerprint density at radius 3 is 2.72 bits per heavy atom. The average Bonchev–Trinajstić information content (AvgIpc) is 2.62. The molecule has 1 heterocycles. The topological polar surface area (TPSA) is 106 Å². The van der Waals surface area contributed by atoms with Crippen molar-refractivity contribution in [3.63, 3.8) is 0 Å². The van der Waals surface area contributed by atoms with E-state index in [0.29, 0.717) is 11.3 Å². The van der Waals surface area contributed by atoms with Gasteiger partial charge in [-0.25, -0.2) is 0 Å². The Morgan fingerprint density at radius 2 is 2.08 bits per heavy atom. The standard InChI is InChI=1S/C18H20O7/c1-3-24-16(21)9-14(11-5-4-6-12(7-11)23-2)18-17(22)15(20)8-13(10-19)25-18/h4-8,14,19,22H,3,9-10H2,1-2H3. The van der Waals surface area contributed by atoms with E-state index in [0.717, 1.165) is 6.07 Å². The predicted octanol–water partition coefficient (Wildman–Crippen LogP) is 1.93. The minimum atomic E-state index is -0.770. The number of ether oxygens (including phenoxy) is 2. The maximum Gasteiger partial charge on any atom is 0.306 e. The second-order valence-corrected chi connectivity index (χ2v) is 5.29. The van der Waals surface area contributed by atoms with Gasteiger partial charge in [0.25, 0.3) is 0 Å². The van der Waals surface area contributed by atoms with Crippen molar-refractivity contribution >= 4 is 5.97 Å². The van der Waals surface area contributed by atoms with Gasteiger partial charge in [0.05, 0.1) is 26.1 Å². The molecule has 1 unspecified atom stereocenters. The molecule has 134 valence electrons. The van der Waals surface area contributed by atoms with Gasteiger partial charge in [-0.3, -0.25) is 9.59 Å². The first kappa shape index (κ1) is 18.5. The third kappa shape index (κ3) is 4.39. The lowest BCUT2D eigenvalue weighted by Crippen LogP contribution is -2.15. The monoisotopic (exact) mass is 348 g/mol. The zero-order valence-corrected chi connectivity index (χ0v) is 14.0. The van der Waals surface area contributed by atoms with Crippen LogP contribution in [0, 0.1) is 0 Å². The molecule has 2 rings (SSSR count). The number of aliphatic hydroxyl groups excluding tert-OH is 1. The van der Waals surface area contributed by atoms with E-state index in [1.807, 2.05) is 0 Å². The highest BCUT2D eigenvalue weighted by molar-refractivity contribution is 5.71. The summed E-state index contributed by atoms with van der Waals surface area (Å²) in [4.78, 5) is 23.9. The first-order chi connectivity index (χ1) is 12.0. The summed E-state index contributed by atoms with van der Waals surface area (Å²) in [6.45, 7) is 1.38. The van der Waals surface area contributed by atoms with E-state index in [1.165, 1.54) is 7.11 Å². The normalized spacial score (nSPS) is 11.8. The molecule has 0 bridgehead atoms. The highest BCUT2D eigenvalue weighted by Crippen LogP contribution is 2.34. The second-order valence-electron chi connectivity index (χ2n) is 5.29. The highest BCUT2D eigenvalue weighted by Gasteiger charge is 2.27. The molecule has 2 aromatic rings. The molecule has 0 aliphatic carbocycles. The zero-order valence-electron chi connectivity index (χ0n) is 14.0. The Kier molecular flexibility index (Phi) is 6.19. The third-order valence-corrected chi connectivity index (χ3v) is 3.64. The summed E-state index contributed by atoms with van der Waals surface area (Å²) in [7, 11) is 1.50. The van der Waals surface area contributed by atoms with Gasteiger partial charge in [-0.2, -0.15) is 0 Å². The van der Waals surface area contributed by atoms with Gasteiger partial charge >= 0.3 is 5.97 Å². The summed E-state index contributed by atoms with van der Waals surface area (Å²) >= 11 is 0. The summed E-state index contributed by atoms with van der Waals surface area (Å²) in [5.41, 5.74) is -0.0944. The molecule has 0 aliphatic heterocycles. The molecule has 0 spiro atoms. The van der Waals surface area contributed by atoms with Crippen LogP contribution in [0.1, 0.15) is 36.3 Å². The number of methoxy groups -OCH3 is 1. The SMILES string of the molecule is CCOC(=O)CC(c1cccc(OC)c1)c1oc(CO)cc(=O)c1O. The van der Waals surface area contributed by atoms with Crippen molar-refractivity contribution in [1.82, 2.24) is 0 Å². The lowest BCUT2D eigenvalue weighted by Gasteiger charge is -2.18. The molecule has 0 saturated heterocycles. The quantitative estimate of drug-likeness (QED) is 0.736. The van der Waals surface area contributed by atoms with E-state index in [1.54, 1.807) is 31.2 Å². The molecule has 2 N–H and O–H groups in total. The first-order valence-electron chi connectivity index (χ1n) is 7.76. The molecule has 7 nitrogen and oxygen atoms in total. The fourth-order valence-electron chi connectivity index (χ4n) is 2.48. The smallest absolute Gasteiger partial charge is 0.306 e. The van der Waals surface area contributed by atoms with E-state index in [2.05, 4.69) is 0 Å². The molecular weight excluding hydrogens is 328 g/mol. The van der Waals surface area contributed by atoms with Gasteiger partial charge in [-0.05, 0) is 24.6 Å². The predicted molar refractivity (Wildman–Crippen MR) is 88.7 cm³/mol. The van der Waals surface area contributed by atoms with Crippen LogP contribution in [0.3, 0.4) is 0 Å². The van der Waals surface area contributed by atoms with Crippen molar-refractivity contribution in [2.45, 2.75) is 25.9 Å². The van der Waals surface area contributed by atoms with Crippen molar-refractivity contribution < 1.29 is 28.9 Å². The van der Waals surface area contributed by atoms with Crippen LogP contribution in [0.5, 0.6) is 11.5 Å². The molecule has 0 radical (unpaired) electrons. The van der Waals surface area contributed by atoms with Gasteiger partial charge < -0.3 is 24.1 Å². The molecule has 0 amide bonds. The number of hydrogen-bond acceptors (Lipinski definition) is 7. The van der Waals surface area contributed by atoms with Crippen LogP contribution in [-0.2, 0) is 16.1 Å². The molecule has 0 fully saturated rings. The van der Waals surface area contributed by atoms with Crippen LogP contribution in [-0.4, -0.2) is 29.9 Å². The van der Waals surface area contributed by atoms with Crippen LogP contribution < -0.4 is 10.2 Å². The van der Waals surface area contributed by atoms with Crippen molar-refractivity contribution in [1.29, 1.82) is 0 Å². The summed E-state index contributed by atoms with van der Waals surface area (Å²) in [6, 6.07) is 7.85. The van der Waals surface area contributed by atoms with Gasteiger partial charge in [-0.15, -0.1) is 0 Å². The minimum Gasteiger partial charge on any atom is -0.502 e. The number of esters is 1. The number of rotatable bonds is 7. The molecule has 0 aliphatic rings. The molecule has 25 heavy (non-hydrogen) atoms. The number of aromatic hydroxyl groups is 1. The van der Waals surface area contributed by atoms with Gasteiger partial charge in [0.2, 0.25) is 11.2 Å². The van der Waals surface area contributed by atoms with Crippen LogP contribution in [0.15, 0.2) is 39.5 Å². The minimum absolute atomic E-state index is 0.00504. The van der Waals surface area contributed by atoms with Gasteiger partial charge in [0.1, 0.15) is 18.1 Å². The van der Waals surface area contributed by atoms with E-state index in [-0.39, 0.29) is 24.5 Å². The summed E-state index contributed by atoms with van der Waals surface area (Å²) in [5.74, 6) is -1.44. The fourth-order valence-corrected chi connectivity index (χ4v) is 2.48. The number of hydrogen-bond donors (Lipinski definition) is 2. The Morgan fingerprint density at radius 1 is 1.32 bits per heavy atom. The Hall–Kier alpha value is -2.80. The van der Waals surface area contributed by atoms with Gasteiger partial charge in [0, 0.05) is 6.07 Å². The molecule has 1 aromatic heterocycles. The van der Waals surface area contributed by atoms with Crippen molar-refractivity contribution in [3.8, 4) is 11.5 Å². The summed E-state index contributed by atoms with van der Waals surface area (Å²) in [5, 5.41) is 19.4. The first-order valence-corrected chi connectivity index (χ1v) is 7.76. The Labute approximate surface area is 144 Å². The fraction of sp³-hybridized carbons (Fsp3) is 0.333. The lowest BCUT2D eigenvalue weighted by molar-refractivity contribution is -0.143. The van der Waals surface area contributed by atoms with Crippen molar-refractivity contribution in [3.05, 3.63) is 57.6 Å². The molecule has 7 heteroatoms. The Balaban J connectivity index is 2.56. The Bertz CT molecular complexity index is 794. The largest absolute Gasteiger partial charge is 0.502 e. The van der Waals surface area contributed by atoms with E-state index in [4.69, 9.17) is 13.9 Å². The van der Waals surface area contributed by atoms with E-state index in [9.17, 15) is 19.8 Å². The van der Waals surface area contributed by atoms with Crippen molar-refractivity contribution in [2.24, 2.45) is 0 Å². The zero-order chi connectivity index (χ0) is 18.4. The molecule has 1 atom stereocenters. The highest BCUT2D eigenvalue weighted by atomic mass is 16.5. The maximum absolute atomic E-state index is 12.0. The number of carbonyl (C=O) groups is 1. The molecular formula is C18H20O7. The third-order valence-electron chi connectivity index (χ3n) is 3.64. The van der Waals surface area contributed by atoms with Gasteiger partial charge in [0.15, 0.2) is 5.76 Å². The van der Waals surface area contributed by atoms with Crippen LogP contribution in [0.25, 0.3) is 0 Å². The van der Waals surface area contributed by atoms with Gasteiger partial charge in [-0.1, -0.05) is 12.1 Å². The lowest BCUT2D eigenvalue weighted by atomic mass is 9.92. The molecule has 0 saturated carbocycles. The van der Waals surface area contributed by atoms with E-state index >= 15 is 0 Å². The van der Waals surface area contributed by atoms with Crippen LogP contribution in [0.4, 0.5) is 0 Å². The summed E-state index contributed by atoms with van der Waals surface area (Å²) < 4.78 is 15.6.